The van der Waals surface area contributed by atoms with Gasteiger partial charge in [0.15, 0.2) is 0 Å². The van der Waals surface area contributed by atoms with Crippen molar-refractivity contribution < 1.29 is 24.0 Å². The quantitative estimate of drug-likeness (QED) is 0.301. The molecule has 1 N–H and O–H groups in total. The molecule has 0 saturated heterocycles. The summed E-state index contributed by atoms with van der Waals surface area (Å²) in [6, 6.07) is 21.7. The van der Waals surface area contributed by atoms with Crippen molar-refractivity contribution in [1.82, 2.24) is 0 Å². The summed E-state index contributed by atoms with van der Waals surface area (Å²) >= 11 is 0. The predicted molar refractivity (Wildman–Crippen MR) is 114 cm³/mol. The van der Waals surface area contributed by atoms with Crippen LogP contribution < -0.4 is 10.1 Å². The Morgan fingerprint density at radius 1 is 0.871 bits per heavy atom. The Morgan fingerprint density at radius 3 is 2.32 bits per heavy atom. The maximum absolute atomic E-state index is 11.9. The molecular weight excluding hydrogens is 400 g/mol. The van der Waals surface area contributed by atoms with Gasteiger partial charge in [0.05, 0.1) is 11.3 Å². The second kappa shape index (κ2) is 10.5. The van der Waals surface area contributed by atoms with Gasteiger partial charge in [-0.3, -0.25) is 19.7 Å². The third-order valence-electron chi connectivity index (χ3n) is 4.20. The lowest BCUT2D eigenvalue weighted by Gasteiger charge is -2.09. The normalized spacial score (nSPS) is 10.2. The van der Waals surface area contributed by atoms with Gasteiger partial charge in [-0.15, -0.1) is 0 Å². The number of nitro groups is 1. The molecule has 0 unspecified atom stereocenters. The topological polar surface area (TPSA) is 108 Å². The average Bonchev–Trinajstić information content (AvgIpc) is 2.77. The number of carbonyl (C=O) groups is 2. The fourth-order valence-electron chi connectivity index (χ4n) is 2.67. The molecule has 0 saturated carbocycles. The smallest absolute Gasteiger partial charge is 0.306 e. The zero-order valence-corrected chi connectivity index (χ0v) is 16.5. The maximum Gasteiger partial charge on any atom is 0.306 e. The molecule has 0 heterocycles. The third-order valence-corrected chi connectivity index (χ3v) is 4.20. The number of nitro benzene ring substituents is 1. The van der Waals surface area contributed by atoms with Gasteiger partial charge in [0.1, 0.15) is 18.1 Å². The Hall–Kier alpha value is -4.20. The van der Waals surface area contributed by atoms with Gasteiger partial charge in [0.25, 0.3) is 5.69 Å². The number of non-ortho nitro benzene ring substituents is 1. The van der Waals surface area contributed by atoms with E-state index in [1.165, 1.54) is 24.3 Å². The van der Waals surface area contributed by atoms with Crippen molar-refractivity contribution in [2.45, 2.75) is 19.4 Å². The van der Waals surface area contributed by atoms with Gasteiger partial charge in [0.2, 0.25) is 5.91 Å². The van der Waals surface area contributed by atoms with Crippen LogP contribution in [-0.2, 0) is 20.9 Å². The Kier molecular flexibility index (Phi) is 7.31. The number of ether oxygens (including phenoxy) is 2. The number of carbonyl (C=O) groups excluding carboxylic acids is 2. The average molecular weight is 420 g/mol. The first-order chi connectivity index (χ1) is 15.0. The van der Waals surface area contributed by atoms with E-state index < -0.39 is 10.9 Å². The molecule has 0 spiro atoms. The first-order valence-electron chi connectivity index (χ1n) is 9.51. The molecule has 3 rings (SSSR count). The largest absolute Gasteiger partial charge is 0.461 e. The molecule has 0 aromatic heterocycles. The number of nitrogens with one attached hydrogen (secondary N) is 1. The van der Waals surface area contributed by atoms with E-state index in [-0.39, 0.29) is 31.0 Å². The minimum absolute atomic E-state index is 0.0227. The number of amides is 1. The number of hydrogen-bond acceptors (Lipinski definition) is 6. The second-order valence-electron chi connectivity index (χ2n) is 6.58. The number of para-hydroxylation sites is 1. The molecule has 0 fully saturated rings. The van der Waals surface area contributed by atoms with E-state index in [1.807, 2.05) is 18.2 Å². The highest BCUT2D eigenvalue weighted by Gasteiger charge is 2.10. The highest BCUT2D eigenvalue weighted by atomic mass is 16.6. The maximum atomic E-state index is 11.9. The van der Waals surface area contributed by atoms with Crippen molar-refractivity contribution in [2.24, 2.45) is 0 Å². The number of benzene rings is 3. The molecule has 0 aliphatic rings. The lowest BCUT2D eigenvalue weighted by atomic mass is 10.2. The first-order valence-corrected chi connectivity index (χ1v) is 9.51. The van der Waals surface area contributed by atoms with Crippen LogP contribution in [-0.4, -0.2) is 16.8 Å². The Morgan fingerprint density at radius 2 is 1.61 bits per heavy atom. The summed E-state index contributed by atoms with van der Waals surface area (Å²) in [4.78, 5) is 34.1. The highest BCUT2D eigenvalue weighted by molar-refractivity contribution is 5.92. The molecule has 0 aliphatic heterocycles. The predicted octanol–water partition coefficient (Wildman–Crippen LogP) is 4.85. The van der Waals surface area contributed by atoms with E-state index >= 15 is 0 Å². The number of hydrogen-bond donors (Lipinski definition) is 1. The summed E-state index contributed by atoms with van der Waals surface area (Å²) in [5.41, 5.74) is 1.36. The van der Waals surface area contributed by atoms with E-state index in [9.17, 15) is 19.7 Å². The van der Waals surface area contributed by atoms with Crippen LogP contribution in [0.5, 0.6) is 11.5 Å². The molecule has 0 atom stereocenters. The standard InChI is InChI=1S/C23H20N2O6/c26-22(24-18-6-2-1-3-7-18)13-14-23(27)30-16-17-5-4-8-21(15-17)31-20-11-9-19(10-12-20)25(28)29/h1-12,15H,13-14,16H2,(H,24,26). The van der Waals surface area contributed by atoms with Crippen molar-refractivity contribution in [3.05, 3.63) is 94.5 Å². The van der Waals surface area contributed by atoms with Gasteiger partial charge in [-0.25, -0.2) is 0 Å². The van der Waals surface area contributed by atoms with Gasteiger partial charge in [-0.2, -0.15) is 0 Å². The molecule has 8 nitrogen and oxygen atoms in total. The van der Waals surface area contributed by atoms with E-state index in [0.717, 1.165) is 0 Å². The molecule has 3 aromatic carbocycles. The monoisotopic (exact) mass is 420 g/mol. The minimum atomic E-state index is -0.482. The molecule has 1 amide bonds. The number of rotatable bonds is 9. The molecule has 31 heavy (non-hydrogen) atoms. The fourth-order valence-corrected chi connectivity index (χ4v) is 2.67. The van der Waals surface area contributed by atoms with Gasteiger partial charge >= 0.3 is 5.97 Å². The zero-order chi connectivity index (χ0) is 22.1. The van der Waals surface area contributed by atoms with Crippen molar-refractivity contribution in [3.63, 3.8) is 0 Å². The Labute approximate surface area is 178 Å². The molecule has 0 bridgehead atoms. The second-order valence-corrected chi connectivity index (χ2v) is 6.58. The summed E-state index contributed by atoms with van der Waals surface area (Å²) in [5, 5.41) is 13.4. The Bertz CT molecular complexity index is 1050. The molecule has 8 heteroatoms. The van der Waals surface area contributed by atoms with Crippen LogP contribution in [0.4, 0.5) is 11.4 Å². The fraction of sp³-hybridized carbons (Fsp3) is 0.130. The summed E-state index contributed by atoms with van der Waals surface area (Å²) in [5.74, 6) is 0.209. The third kappa shape index (κ3) is 6.97. The molecule has 158 valence electrons. The van der Waals surface area contributed by atoms with Crippen LogP contribution in [0.3, 0.4) is 0 Å². The number of nitrogens with zero attached hydrogens (tertiary/aromatic N) is 1. The van der Waals surface area contributed by atoms with Crippen LogP contribution >= 0.6 is 0 Å². The summed E-state index contributed by atoms with van der Waals surface area (Å²) in [7, 11) is 0. The van der Waals surface area contributed by atoms with Crippen LogP contribution in [0.1, 0.15) is 18.4 Å². The SMILES string of the molecule is O=C(CCC(=O)OCc1cccc(Oc2ccc([N+](=O)[O-])cc2)c1)Nc1ccccc1. The van der Waals surface area contributed by atoms with Crippen LogP contribution in [0.25, 0.3) is 0 Å². The van der Waals surface area contributed by atoms with Crippen molar-refractivity contribution in [2.75, 3.05) is 5.32 Å². The number of esters is 1. The van der Waals surface area contributed by atoms with Crippen LogP contribution in [0.2, 0.25) is 0 Å². The number of anilines is 1. The zero-order valence-electron chi connectivity index (χ0n) is 16.5. The highest BCUT2D eigenvalue weighted by Crippen LogP contribution is 2.24. The summed E-state index contributed by atoms with van der Waals surface area (Å²) in [6.07, 6.45) is -0.00528. The van der Waals surface area contributed by atoms with Crippen LogP contribution in [0.15, 0.2) is 78.9 Å². The summed E-state index contributed by atoms with van der Waals surface area (Å²) in [6.45, 7) is 0.0383. The Balaban J connectivity index is 1.45. The van der Waals surface area contributed by atoms with E-state index in [4.69, 9.17) is 9.47 Å². The van der Waals surface area contributed by atoms with E-state index in [2.05, 4.69) is 5.32 Å². The van der Waals surface area contributed by atoms with Crippen LogP contribution in [0, 0.1) is 10.1 Å². The molecular formula is C23H20N2O6. The van der Waals surface area contributed by atoms with E-state index in [0.29, 0.717) is 22.7 Å². The van der Waals surface area contributed by atoms with Crippen molar-refractivity contribution >= 4 is 23.3 Å². The van der Waals surface area contributed by atoms with Gasteiger partial charge in [0, 0.05) is 24.2 Å². The van der Waals surface area contributed by atoms with Gasteiger partial charge in [-0.05, 0) is 42.0 Å². The van der Waals surface area contributed by atoms with Crippen molar-refractivity contribution in [1.29, 1.82) is 0 Å². The molecule has 0 aliphatic carbocycles. The lowest BCUT2D eigenvalue weighted by Crippen LogP contribution is -2.14. The lowest BCUT2D eigenvalue weighted by molar-refractivity contribution is -0.384. The van der Waals surface area contributed by atoms with Gasteiger partial charge < -0.3 is 14.8 Å². The molecule has 3 aromatic rings. The first kappa shape index (κ1) is 21.5. The molecule has 0 radical (unpaired) electrons. The summed E-state index contributed by atoms with van der Waals surface area (Å²) < 4.78 is 10.9. The van der Waals surface area contributed by atoms with E-state index in [1.54, 1.807) is 36.4 Å². The van der Waals surface area contributed by atoms with Crippen molar-refractivity contribution in [3.8, 4) is 11.5 Å². The van der Waals surface area contributed by atoms with Gasteiger partial charge in [-0.1, -0.05) is 30.3 Å². The minimum Gasteiger partial charge on any atom is -0.461 e.